The molecule has 5 heteroatoms. The molecule has 0 bridgehead atoms. The molecule has 0 aliphatic heterocycles. The maximum absolute atomic E-state index is 11.0. The highest BCUT2D eigenvalue weighted by Crippen LogP contribution is 2.12. The Balaban J connectivity index is 2.32. The molecule has 3 nitrogen and oxygen atoms in total. The SMILES string of the molecule is CCC(Cc1cccs1)NCCS(C)(=O)=O. The van der Waals surface area contributed by atoms with Gasteiger partial charge in [0, 0.05) is 23.7 Å². The van der Waals surface area contributed by atoms with E-state index in [9.17, 15) is 8.42 Å². The van der Waals surface area contributed by atoms with Crippen molar-refractivity contribution in [3.8, 4) is 0 Å². The standard InChI is InChI=1S/C11H19NO2S2/c1-3-10(9-11-5-4-7-15-11)12-6-8-16(2,13)14/h4-5,7,10,12H,3,6,8-9H2,1-2H3. The number of hydrogen-bond donors (Lipinski definition) is 1. The van der Waals surface area contributed by atoms with Crippen LogP contribution in [0.3, 0.4) is 0 Å². The largest absolute Gasteiger partial charge is 0.313 e. The summed E-state index contributed by atoms with van der Waals surface area (Å²) in [5, 5.41) is 5.36. The van der Waals surface area contributed by atoms with E-state index in [1.54, 1.807) is 11.3 Å². The zero-order chi connectivity index (χ0) is 12.0. The molecule has 0 aromatic carbocycles. The van der Waals surface area contributed by atoms with Crippen molar-refractivity contribution < 1.29 is 8.42 Å². The summed E-state index contributed by atoms with van der Waals surface area (Å²) >= 11 is 1.75. The highest BCUT2D eigenvalue weighted by atomic mass is 32.2. The Morgan fingerprint density at radius 1 is 1.50 bits per heavy atom. The zero-order valence-electron chi connectivity index (χ0n) is 9.77. The van der Waals surface area contributed by atoms with Gasteiger partial charge in [-0.15, -0.1) is 11.3 Å². The Morgan fingerprint density at radius 2 is 2.25 bits per heavy atom. The van der Waals surface area contributed by atoms with Gasteiger partial charge in [-0.1, -0.05) is 13.0 Å². The maximum atomic E-state index is 11.0. The molecule has 1 aromatic heterocycles. The van der Waals surface area contributed by atoms with Crippen LogP contribution in [0.15, 0.2) is 17.5 Å². The number of thiophene rings is 1. The molecule has 0 aliphatic rings. The Morgan fingerprint density at radius 3 is 2.75 bits per heavy atom. The highest BCUT2D eigenvalue weighted by Gasteiger charge is 2.09. The minimum Gasteiger partial charge on any atom is -0.313 e. The number of rotatable bonds is 7. The quantitative estimate of drug-likeness (QED) is 0.812. The summed E-state index contributed by atoms with van der Waals surface area (Å²) < 4.78 is 22.0. The predicted octanol–water partition coefficient (Wildman–Crippen LogP) is 1.70. The van der Waals surface area contributed by atoms with Crippen LogP contribution in [0.1, 0.15) is 18.2 Å². The van der Waals surface area contributed by atoms with Crippen LogP contribution < -0.4 is 5.32 Å². The summed E-state index contributed by atoms with van der Waals surface area (Å²) in [6.45, 7) is 2.66. The molecule has 1 rings (SSSR count). The smallest absolute Gasteiger partial charge is 0.148 e. The average Bonchev–Trinajstić information content (AvgIpc) is 2.67. The summed E-state index contributed by atoms with van der Waals surface area (Å²) in [6, 6.07) is 4.54. The van der Waals surface area contributed by atoms with Crippen LogP contribution in [-0.2, 0) is 16.3 Å². The second-order valence-electron chi connectivity index (χ2n) is 3.97. The lowest BCUT2D eigenvalue weighted by atomic mass is 10.1. The lowest BCUT2D eigenvalue weighted by Crippen LogP contribution is -2.34. The molecule has 16 heavy (non-hydrogen) atoms. The normalized spacial score (nSPS) is 13.9. The van der Waals surface area contributed by atoms with E-state index in [0.717, 1.165) is 12.8 Å². The molecule has 1 aromatic rings. The topological polar surface area (TPSA) is 46.2 Å². The van der Waals surface area contributed by atoms with Gasteiger partial charge in [-0.3, -0.25) is 0 Å². The van der Waals surface area contributed by atoms with E-state index in [2.05, 4.69) is 23.7 Å². The van der Waals surface area contributed by atoms with Crippen LogP contribution in [0.25, 0.3) is 0 Å². The summed E-state index contributed by atoms with van der Waals surface area (Å²) in [4.78, 5) is 1.35. The minimum atomic E-state index is -2.85. The first-order valence-corrected chi connectivity index (χ1v) is 8.38. The van der Waals surface area contributed by atoms with Crippen molar-refractivity contribution in [1.29, 1.82) is 0 Å². The van der Waals surface area contributed by atoms with Crippen LogP contribution in [-0.4, -0.2) is 33.0 Å². The lowest BCUT2D eigenvalue weighted by Gasteiger charge is -2.15. The molecule has 0 aliphatic carbocycles. The fourth-order valence-corrected chi connectivity index (χ4v) is 2.76. The van der Waals surface area contributed by atoms with E-state index in [-0.39, 0.29) is 5.75 Å². The van der Waals surface area contributed by atoms with Crippen molar-refractivity contribution in [2.45, 2.75) is 25.8 Å². The van der Waals surface area contributed by atoms with Crippen LogP contribution in [0.5, 0.6) is 0 Å². The number of sulfone groups is 1. The molecule has 0 amide bonds. The molecular weight excluding hydrogens is 242 g/mol. The summed E-state index contributed by atoms with van der Waals surface area (Å²) in [5.41, 5.74) is 0. The van der Waals surface area contributed by atoms with Crippen LogP contribution in [0.4, 0.5) is 0 Å². The molecular formula is C11H19NO2S2. The van der Waals surface area contributed by atoms with E-state index in [0.29, 0.717) is 12.6 Å². The third-order valence-electron chi connectivity index (χ3n) is 2.43. The van der Waals surface area contributed by atoms with Gasteiger partial charge in [0.2, 0.25) is 0 Å². The maximum Gasteiger partial charge on any atom is 0.148 e. The van der Waals surface area contributed by atoms with Crippen molar-refractivity contribution in [2.75, 3.05) is 18.6 Å². The summed E-state index contributed by atoms with van der Waals surface area (Å²) in [7, 11) is -2.85. The lowest BCUT2D eigenvalue weighted by molar-refractivity contribution is 0.510. The van der Waals surface area contributed by atoms with Gasteiger partial charge in [0.1, 0.15) is 9.84 Å². The van der Waals surface area contributed by atoms with Crippen LogP contribution in [0.2, 0.25) is 0 Å². The van der Waals surface area contributed by atoms with Crippen molar-refractivity contribution in [3.63, 3.8) is 0 Å². The first-order valence-electron chi connectivity index (χ1n) is 5.44. The highest BCUT2D eigenvalue weighted by molar-refractivity contribution is 7.90. The van der Waals surface area contributed by atoms with Crippen molar-refractivity contribution in [1.82, 2.24) is 5.32 Å². The van der Waals surface area contributed by atoms with Gasteiger partial charge >= 0.3 is 0 Å². The monoisotopic (exact) mass is 261 g/mol. The molecule has 0 spiro atoms. The molecule has 0 radical (unpaired) electrons. The Bertz CT molecular complexity index is 384. The van der Waals surface area contributed by atoms with E-state index in [1.165, 1.54) is 11.1 Å². The molecule has 0 saturated heterocycles. The molecule has 0 fully saturated rings. The van der Waals surface area contributed by atoms with Gasteiger partial charge < -0.3 is 5.32 Å². The average molecular weight is 261 g/mol. The second-order valence-corrected chi connectivity index (χ2v) is 7.26. The van der Waals surface area contributed by atoms with E-state index in [4.69, 9.17) is 0 Å². The minimum absolute atomic E-state index is 0.216. The molecule has 92 valence electrons. The molecule has 1 unspecified atom stereocenters. The third-order valence-corrected chi connectivity index (χ3v) is 4.27. The zero-order valence-corrected chi connectivity index (χ0v) is 11.4. The van der Waals surface area contributed by atoms with Gasteiger partial charge in [-0.05, 0) is 24.3 Å². The van der Waals surface area contributed by atoms with Crippen molar-refractivity contribution in [2.24, 2.45) is 0 Å². The number of hydrogen-bond acceptors (Lipinski definition) is 4. The van der Waals surface area contributed by atoms with Crippen LogP contribution >= 0.6 is 11.3 Å². The molecule has 1 N–H and O–H groups in total. The van der Waals surface area contributed by atoms with E-state index >= 15 is 0 Å². The van der Waals surface area contributed by atoms with E-state index in [1.807, 2.05) is 6.07 Å². The Labute approximate surface area is 102 Å². The third kappa shape index (κ3) is 5.63. The van der Waals surface area contributed by atoms with Gasteiger partial charge in [-0.25, -0.2) is 8.42 Å². The predicted molar refractivity (Wildman–Crippen MR) is 69.8 cm³/mol. The Kier molecular flexibility index (Phi) is 5.44. The van der Waals surface area contributed by atoms with Crippen LogP contribution in [0, 0.1) is 0 Å². The first-order chi connectivity index (χ1) is 7.51. The Hall–Kier alpha value is -0.390. The van der Waals surface area contributed by atoms with Gasteiger partial charge in [0.15, 0.2) is 0 Å². The van der Waals surface area contributed by atoms with E-state index < -0.39 is 9.84 Å². The fourth-order valence-electron chi connectivity index (χ4n) is 1.48. The molecule has 1 heterocycles. The first kappa shape index (κ1) is 13.7. The number of nitrogens with one attached hydrogen (secondary N) is 1. The molecule has 0 saturated carbocycles. The van der Waals surface area contributed by atoms with Crippen molar-refractivity contribution >= 4 is 21.2 Å². The van der Waals surface area contributed by atoms with Gasteiger partial charge in [0.05, 0.1) is 5.75 Å². The van der Waals surface area contributed by atoms with Gasteiger partial charge in [0.25, 0.3) is 0 Å². The molecule has 1 atom stereocenters. The second kappa shape index (κ2) is 6.37. The fraction of sp³-hybridized carbons (Fsp3) is 0.636. The van der Waals surface area contributed by atoms with Crippen molar-refractivity contribution in [3.05, 3.63) is 22.4 Å². The summed E-state index contributed by atoms with van der Waals surface area (Å²) in [5.74, 6) is 0.216. The summed E-state index contributed by atoms with van der Waals surface area (Å²) in [6.07, 6.45) is 3.27. The van der Waals surface area contributed by atoms with Gasteiger partial charge in [-0.2, -0.15) is 0 Å².